The summed E-state index contributed by atoms with van der Waals surface area (Å²) >= 11 is 14.3. The molecular formula is C13H6Br2ClNOS. The minimum Gasteiger partial charge on any atom is -0.359 e. The number of benzene rings is 1. The Kier molecular flexibility index (Phi) is 3.55. The van der Waals surface area contributed by atoms with Crippen LogP contribution in [-0.2, 0) is 0 Å². The van der Waals surface area contributed by atoms with Crippen LogP contribution in [0.15, 0.2) is 38.7 Å². The van der Waals surface area contributed by atoms with Crippen molar-refractivity contribution in [2.24, 2.45) is 0 Å². The summed E-state index contributed by atoms with van der Waals surface area (Å²) in [5.74, 6) is -0.00934. The monoisotopic (exact) mass is 417 g/mol. The van der Waals surface area contributed by atoms with Crippen molar-refractivity contribution in [2.45, 2.75) is 0 Å². The van der Waals surface area contributed by atoms with Gasteiger partial charge in [0.25, 0.3) is 0 Å². The Balaban J connectivity index is 2.14. The van der Waals surface area contributed by atoms with Crippen molar-refractivity contribution in [3.63, 3.8) is 0 Å². The Hall–Kier alpha value is -0.620. The van der Waals surface area contributed by atoms with E-state index in [9.17, 15) is 4.79 Å². The summed E-state index contributed by atoms with van der Waals surface area (Å²) in [4.78, 5) is 16.2. The number of aromatic amines is 1. The van der Waals surface area contributed by atoms with Gasteiger partial charge in [-0.25, -0.2) is 0 Å². The molecule has 0 aliphatic rings. The number of fused-ring (bicyclic) bond motifs is 1. The molecule has 0 aliphatic heterocycles. The zero-order valence-corrected chi connectivity index (χ0v) is 14.1. The van der Waals surface area contributed by atoms with Crippen molar-refractivity contribution in [3.05, 3.63) is 54.2 Å². The Bertz CT molecular complexity index is 774. The van der Waals surface area contributed by atoms with Crippen LogP contribution in [0.3, 0.4) is 0 Å². The number of para-hydroxylation sites is 1. The number of hydrogen-bond acceptors (Lipinski definition) is 2. The standard InChI is InChI=1S/C13H6Br2ClNOS/c14-8-4-10(19-13(8)15)12(18)7-5-17-11-6(7)2-1-3-9(11)16/h1-5,17H. The molecule has 3 aromatic rings. The summed E-state index contributed by atoms with van der Waals surface area (Å²) in [6.45, 7) is 0. The number of carbonyl (C=O) groups is 1. The lowest BCUT2D eigenvalue weighted by molar-refractivity contribution is 0.104. The lowest BCUT2D eigenvalue weighted by atomic mass is 10.1. The van der Waals surface area contributed by atoms with Gasteiger partial charge in [-0.1, -0.05) is 23.7 Å². The van der Waals surface area contributed by atoms with E-state index in [-0.39, 0.29) is 5.78 Å². The third kappa shape index (κ3) is 2.29. The third-order valence-corrected chi connectivity index (χ3v) is 6.35. The van der Waals surface area contributed by atoms with Gasteiger partial charge >= 0.3 is 0 Å². The zero-order chi connectivity index (χ0) is 13.6. The molecule has 0 radical (unpaired) electrons. The summed E-state index contributed by atoms with van der Waals surface area (Å²) in [5, 5.41) is 1.46. The zero-order valence-electron chi connectivity index (χ0n) is 9.34. The smallest absolute Gasteiger partial charge is 0.205 e. The van der Waals surface area contributed by atoms with Gasteiger partial charge in [0.2, 0.25) is 5.78 Å². The second kappa shape index (κ2) is 5.05. The van der Waals surface area contributed by atoms with Gasteiger partial charge in [-0.15, -0.1) is 11.3 Å². The van der Waals surface area contributed by atoms with Crippen molar-refractivity contribution in [1.82, 2.24) is 4.98 Å². The van der Waals surface area contributed by atoms with E-state index in [0.29, 0.717) is 15.5 Å². The quantitative estimate of drug-likeness (QED) is 0.536. The number of nitrogens with one attached hydrogen (secondary N) is 1. The van der Waals surface area contributed by atoms with Crippen molar-refractivity contribution < 1.29 is 4.79 Å². The lowest BCUT2D eigenvalue weighted by Gasteiger charge is -1.97. The minimum atomic E-state index is -0.00934. The number of thiophene rings is 1. The molecule has 2 aromatic heterocycles. The van der Waals surface area contributed by atoms with Crippen molar-refractivity contribution in [3.8, 4) is 0 Å². The van der Waals surface area contributed by atoms with E-state index in [0.717, 1.165) is 19.2 Å². The molecule has 1 N–H and O–H groups in total. The van der Waals surface area contributed by atoms with E-state index in [4.69, 9.17) is 11.6 Å². The summed E-state index contributed by atoms with van der Waals surface area (Å²) in [6.07, 6.45) is 1.71. The number of halogens is 3. The first-order valence-electron chi connectivity index (χ1n) is 5.33. The number of H-pyrrole nitrogens is 1. The molecule has 0 amide bonds. The second-order valence-electron chi connectivity index (χ2n) is 3.93. The lowest BCUT2D eigenvalue weighted by Crippen LogP contribution is -1.96. The van der Waals surface area contributed by atoms with Crippen LogP contribution in [0, 0.1) is 0 Å². The maximum atomic E-state index is 12.5. The molecule has 96 valence electrons. The van der Waals surface area contributed by atoms with Crippen LogP contribution < -0.4 is 0 Å². The summed E-state index contributed by atoms with van der Waals surface area (Å²) < 4.78 is 1.80. The van der Waals surface area contributed by atoms with Gasteiger partial charge in [-0.2, -0.15) is 0 Å². The van der Waals surface area contributed by atoms with Crippen LogP contribution in [0.25, 0.3) is 10.9 Å². The highest BCUT2D eigenvalue weighted by Gasteiger charge is 2.18. The Morgan fingerprint density at radius 3 is 2.79 bits per heavy atom. The Morgan fingerprint density at radius 1 is 1.32 bits per heavy atom. The molecule has 0 atom stereocenters. The molecule has 0 saturated carbocycles. The first-order chi connectivity index (χ1) is 9.08. The number of hydrogen-bond donors (Lipinski definition) is 1. The van der Waals surface area contributed by atoms with Gasteiger partial charge < -0.3 is 4.98 Å². The fraction of sp³-hybridized carbons (Fsp3) is 0. The molecule has 0 fully saturated rings. The van der Waals surface area contributed by atoms with Crippen molar-refractivity contribution in [2.75, 3.05) is 0 Å². The average Bonchev–Trinajstić information content (AvgIpc) is 2.94. The molecule has 0 aliphatic carbocycles. The summed E-state index contributed by atoms with van der Waals surface area (Å²) in [5.41, 5.74) is 1.43. The van der Waals surface area contributed by atoms with Crippen LogP contribution in [0.2, 0.25) is 5.02 Å². The predicted octanol–water partition coefficient (Wildman–Crippen LogP) is 5.64. The van der Waals surface area contributed by atoms with Gasteiger partial charge in [0.1, 0.15) is 0 Å². The molecule has 1 aromatic carbocycles. The molecule has 19 heavy (non-hydrogen) atoms. The van der Waals surface area contributed by atoms with Crippen LogP contribution in [0.5, 0.6) is 0 Å². The average molecular weight is 420 g/mol. The largest absolute Gasteiger partial charge is 0.359 e. The fourth-order valence-corrected chi connectivity index (χ4v) is 4.12. The predicted molar refractivity (Wildman–Crippen MR) is 86.5 cm³/mol. The first kappa shape index (κ1) is 13.4. The van der Waals surface area contributed by atoms with E-state index in [1.807, 2.05) is 18.2 Å². The Labute approximate surface area is 135 Å². The van der Waals surface area contributed by atoms with E-state index in [1.165, 1.54) is 11.3 Å². The summed E-state index contributed by atoms with van der Waals surface area (Å²) in [7, 11) is 0. The van der Waals surface area contributed by atoms with Crippen molar-refractivity contribution >= 4 is 71.5 Å². The maximum absolute atomic E-state index is 12.5. The van der Waals surface area contributed by atoms with Crippen molar-refractivity contribution in [1.29, 1.82) is 0 Å². The molecule has 0 saturated heterocycles. The van der Waals surface area contributed by atoms with Gasteiger partial charge in [-0.05, 0) is 44.0 Å². The fourth-order valence-electron chi connectivity index (χ4n) is 1.90. The van der Waals surface area contributed by atoms with E-state index >= 15 is 0 Å². The molecule has 0 unspecified atom stereocenters. The maximum Gasteiger partial charge on any atom is 0.205 e. The number of aromatic nitrogens is 1. The highest BCUT2D eigenvalue weighted by molar-refractivity contribution is 9.13. The molecule has 3 rings (SSSR count). The van der Waals surface area contributed by atoms with Crippen LogP contribution in [-0.4, -0.2) is 10.8 Å². The number of rotatable bonds is 2. The minimum absolute atomic E-state index is 0.00934. The second-order valence-corrected chi connectivity index (χ2v) is 7.56. The molecule has 2 nitrogen and oxygen atoms in total. The van der Waals surface area contributed by atoms with Gasteiger partial charge in [0, 0.05) is 21.6 Å². The van der Waals surface area contributed by atoms with E-state index < -0.39 is 0 Å². The first-order valence-corrected chi connectivity index (χ1v) is 8.11. The molecular weight excluding hydrogens is 413 g/mol. The normalized spacial score (nSPS) is 11.1. The van der Waals surface area contributed by atoms with E-state index in [2.05, 4.69) is 36.8 Å². The van der Waals surface area contributed by atoms with Crippen LogP contribution in [0.4, 0.5) is 0 Å². The van der Waals surface area contributed by atoms with Gasteiger partial charge in [-0.3, -0.25) is 4.79 Å². The third-order valence-electron chi connectivity index (χ3n) is 2.78. The molecule has 6 heteroatoms. The number of ketones is 1. The Morgan fingerprint density at radius 2 is 2.11 bits per heavy atom. The van der Waals surface area contributed by atoms with Crippen LogP contribution >= 0.6 is 54.8 Å². The summed E-state index contributed by atoms with van der Waals surface area (Å²) in [6, 6.07) is 7.35. The van der Waals surface area contributed by atoms with Gasteiger partial charge in [0.05, 0.1) is 19.2 Å². The highest BCUT2D eigenvalue weighted by atomic mass is 79.9. The van der Waals surface area contributed by atoms with Crippen LogP contribution in [0.1, 0.15) is 15.2 Å². The number of carbonyl (C=O) groups excluding carboxylic acids is 1. The SMILES string of the molecule is O=C(c1cc(Br)c(Br)s1)c1c[nH]c2c(Cl)cccc12. The highest BCUT2D eigenvalue weighted by Crippen LogP contribution is 2.35. The molecule has 0 bridgehead atoms. The van der Waals surface area contributed by atoms with Gasteiger partial charge in [0.15, 0.2) is 0 Å². The van der Waals surface area contributed by atoms with E-state index in [1.54, 1.807) is 12.3 Å². The molecule has 2 heterocycles. The topological polar surface area (TPSA) is 32.9 Å². The molecule has 0 spiro atoms.